The Kier molecular flexibility index (Phi) is 3.37. The molecular weight excluding hydrogens is 266 g/mol. The molecule has 1 aromatic heterocycles. The molecule has 92 valence electrons. The van der Waals surface area contributed by atoms with Crippen LogP contribution in [-0.2, 0) is 4.79 Å². The van der Waals surface area contributed by atoms with Gasteiger partial charge in [-0.05, 0) is 12.1 Å². The normalized spacial score (nSPS) is 24.0. The summed E-state index contributed by atoms with van der Waals surface area (Å²) >= 11 is 6.82. The number of nitrogens with zero attached hydrogens (tertiary/aromatic N) is 1. The molecule has 0 bridgehead atoms. The number of hydrogen-bond donors (Lipinski definition) is 2. The number of aliphatic hydroxyl groups excluding tert-OH is 1. The van der Waals surface area contributed by atoms with Crippen molar-refractivity contribution in [3.05, 3.63) is 21.3 Å². The average Bonchev–Trinajstić information content (AvgIpc) is 2.83. The molecular formula is C10H10ClNO4S. The standard InChI is InChI=1S/C10H10ClNO4S/c11-8-2-1-7(17-8)9(14)12-4-5(13)3-6(12)10(15)16/h1-2,5-6,13H,3-4H2,(H,15,16). The molecule has 7 heteroatoms. The molecule has 1 amide bonds. The molecule has 2 atom stereocenters. The van der Waals surface area contributed by atoms with Crippen LogP contribution >= 0.6 is 22.9 Å². The molecule has 1 aliphatic rings. The van der Waals surface area contributed by atoms with E-state index in [-0.39, 0.29) is 13.0 Å². The van der Waals surface area contributed by atoms with Gasteiger partial charge in [-0.3, -0.25) is 4.79 Å². The van der Waals surface area contributed by atoms with Crippen molar-refractivity contribution in [2.45, 2.75) is 18.6 Å². The fourth-order valence-corrected chi connectivity index (χ4v) is 2.84. The summed E-state index contributed by atoms with van der Waals surface area (Å²) in [7, 11) is 0. The number of carbonyl (C=O) groups is 2. The second kappa shape index (κ2) is 4.64. The topological polar surface area (TPSA) is 77.8 Å². The summed E-state index contributed by atoms with van der Waals surface area (Å²) in [5, 5.41) is 18.4. The average molecular weight is 276 g/mol. The van der Waals surface area contributed by atoms with Crippen molar-refractivity contribution in [1.82, 2.24) is 4.90 Å². The smallest absolute Gasteiger partial charge is 0.326 e. The van der Waals surface area contributed by atoms with Crippen LogP contribution < -0.4 is 0 Å². The number of carboxylic acid groups (broad SMARTS) is 1. The van der Waals surface area contributed by atoms with Crippen molar-refractivity contribution in [3.63, 3.8) is 0 Å². The highest BCUT2D eigenvalue weighted by atomic mass is 35.5. The summed E-state index contributed by atoms with van der Waals surface area (Å²) in [5.74, 6) is -1.50. The molecule has 0 aliphatic carbocycles. The summed E-state index contributed by atoms with van der Waals surface area (Å²) in [4.78, 5) is 24.6. The fraction of sp³-hybridized carbons (Fsp3) is 0.400. The first-order valence-electron chi connectivity index (χ1n) is 4.96. The van der Waals surface area contributed by atoms with E-state index in [0.717, 1.165) is 11.3 Å². The zero-order valence-electron chi connectivity index (χ0n) is 8.67. The number of hydrogen-bond acceptors (Lipinski definition) is 4. The highest BCUT2D eigenvalue weighted by molar-refractivity contribution is 7.17. The van der Waals surface area contributed by atoms with Crippen LogP contribution in [0.5, 0.6) is 0 Å². The molecule has 1 aliphatic heterocycles. The molecule has 0 saturated carbocycles. The molecule has 1 saturated heterocycles. The second-order valence-corrected chi connectivity index (χ2v) is 5.52. The van der Waals surface area contributed by atoms with Crippen LogP contribution in [0.25, 0.3) is 0 Å². The zero-order chi connectivity index (χ0) is 12.6. The van der Waals surface area contributed by atoms with Gasteiger partial charge in [-0.1, -0.05) is 11.6 Å². The van der Waals surface area contributed by atoms with Crippen molar-refractivity contribution < 1.29 is 19.8 Å². The van der Waals surface area contributed by atoms with Crippen molar-refractivity contribution in [2.75, 3.05) is 6.54 Å². The van der Waals surface area contributed by atoms with Crippen LogP contribution in [0.3, 0.4) is 0 Å². The Hall–Kier alpha value is -1.11. The first-order valence-corrected chi connectivity index (χ1v) is 6.15. The van der Waals surface area contributed by atoms with E-state index in [4.69, 9.17) is 16.7 Å². The van der Waals surface area contributed by atoms with Crippen LogP contribution in [0.15, 0.2) is 12.1 Å². The van der Waals surface area contributed by atoms with Gasteiger partial charge in [-0.15, -0.1) is 11.3 Å². The lowest BCUT2D eigenvalue weighted by atomic mass is 10.2. The van der Waals surface area contributed by atoms with Gasteiger partial charge in [-0.25, -0.2) is 4.79 Å². The number of rotatable bonds is 2. The van der Waals surface area contributed by atoms with Crippen molar-refractivity contribution >= 4 is 34.8 Å². The van der Waals surface area contributed by atoms with Gasteiger partial charge in [0.25, 0.3) is 5.91 Å². The van der Waals surface area contributed by atoms with Crippen molar-refractivity contribution in [1.29, 1.82) is 0 Å². The molecule has 0 radical (unpaired) electrons. The Balaban J connectivity index is 2.21. The monoisotopic (exact) mass is 275 g/mol. The van der Waals surface area contributed by atoms with Crippen LogP contribution in [0, 0.1) is 0 Å². The number of halogens is 1. The minimum absolute atomic E-state index is 0.0469. The Bertz CT molecular complexity index is 461. The molecule has 2 unspecified atom stereocenters. The fourth-order valence-electron chi connectivity index (χ4n) is 1.84. The van der Waals surface area contributed by atoms with Gasteiger partial charge in [0.15, 0.2) is 0 Å². The number of amides is 1. The summed E-state index contributed by atoms with van der Waals surface area (Å²) in [6.07, 6.45) is -0.712. The van der Waals surface area contributed by atoms with Gasteiger partial charge in [0.1, 0.15) is 6.04 Å². The first-order chi connectivity index (χ1) is 7.99. The van der Waals surface area contributed by atoms with Gasteiger partial charge < -0.3 is 15.1 Å². The third-order valence-electron chi connectivity index (χ3n) is 2.61. The van der Waals surface area contributed by atoms with Gasteiger partial charge in [0, 0.05) is 13.0 Å². The van der Waals surface area contributed by atoms with Crippen LogP contribution in [-0.4, -0.2) is 45.7 Å². The van der Waals surface area contributed by atoms with Crippen molar-refractivity contribution in [3.8, 4) is 0 Å². The Morgan fingerprint density at radius 2 is 2.18 bits per heavy atom. The van der Waals surface area contributed by atoms with Crippen LogP contribution in [0.1, 0.15) is 16.1 Å². The van der Waals surface area contributed by atoms with Gasteiger partial charge in [0.2, 0.25) is 0 Å². The third-order valence-corrected chi connectivity index (χ3v) is 3.83. The maximum atomic E-state index is 12.0. The van der Waals surface area contributed by atoms with Crippen LogP contribution in [0.4, 0.5) is 0 Å². The third kappa shape index (κ3) is 2.43. The van der Waals surface area contributed by atoms with E-state index >= 15 is 0 Å². The van der Waals surface area contributed by atoms with E-state index in [1.807, 2.05) is 0 Å². The Morgan fingerprint density at radius 3 is 2.71 bits per heavy atom. The number of aliphatic carboxylic acids is 1. The maximum Gasteiger partial charge on any atom is 0.326 e. The zero-order valence-corrected chi connectivity index (χ0v) is 10.2. The summed E-state index contributed by atoms with van der Waals surface area (Å²) in [6, 6.07) is 2.18. The van der Waals surface area contributed by atoms with E-state index in [1.165, 1.54) is 4.90 Å². The molecule has 2 N–H and O–H groups in total. The summed E-state index contributed by atoms with van der Waals surface area (Å²) in [5.41, 5.74) is 0. The van der Waals surface area contributed by atoms with Crippen LogP contribution in [0.2, 0.25) is 4.34 Å². The van der Waals surface area contributed by atoms with E-state index in [2.05, 4.69) is 0 Å². The van der Waals surface area contributed by atoms with E-state index in [0.29, 0.717) is 9.21 Å². The molecule has 5 nitrogen and oxygen atoms in total. The number of β-amino-alcohol motifs (C(OH)–C–C–N with tert-alkyl or cyclic N) is 1. The number of carboxylic acids is 1. The predicted molar refractivity (Wildman–Crippen MR) is 62.4 cm³/mol. The van der Waals surface area contributed by atoms with Gasteiger partial charge >= 0.3 is 5.97 Å². The number of likely N-dealkylation sites (tertiary alicyclic amines) is 1. The minimum Gasteiger partial charge on any atom is -0.480 e. The molecule has 2 rings (SSSR count). The molecule has 0 aromatic carbocycles. The molecule has 2 heterocycles. The lowest BCUT2D eigenvalue weighted by molar-refractivity contribution is -0.141. The molecule has 0 spiro atoms. The molecule has 17 heavy (non-hydrogen) atoms. The molecule has 1 fully saturated rings. The van der Waals surface area contributed by atoms with Crippen molar-refractivity contribution in [2.24, 2.45) is 0 Å². The van der Waals surface area contributed by atoms with Gasteiger partial charge in [-0.2, -0.15) is 0 Å². The largest absolute Gasteiger partial charge is 0.480 e. The Morgan fingerprint density at radius 1 is 1.47 bits per heavy atom. The van der Waals surface area contributed by atoms with Gasteiger partial charge in [0.05, 0.1) is 15.3 Å². The SMILES string of the molecule is O=C(O)C1CC(O)CN1C(=O)c1ccc(Cl)s1. The molecule has 1 aromatic rings. The Labute approximate surface area is 106 Å². The lowest BCUT2D eigenvalue weighted by Gasteiger charge is -2.20. The first kappa shape index (κ1) is 12.3. The number of carbonyl (C=O) groups excluding carboxylic acids is 1. The maximum absolute atomic E-state index is 12.0. The number of thiophene rings is 1. The highest BCUT2D eigenvalue weighted by Gasteiger charge is 2.39. The summed E-state index contributed by atoms with van der Waals surface area (Å²) < 4.78 is 0.472. The second-order valence-electron chi connectivity index (χ2n) is 3.80. The lowest BCUT2D eigenvalue weighted by Crippen LogP contribution is -2.40. The van der Waals surface area contributed by atoms with E-state index in [9.17, 15) is 14.7 Å². The van der Waals surface area contributed by atoms with E-state index < -0.39 is 24.0 Å². The highest BCUT2D eigenvalue weighted by Crippen LogP contribution is 2.26. The van der Waals surface area contributed by atoms with E-state index in [1.54, 1.807) is 12.1 Å². The number of aliphatic hydroxyl groups is 1. The summed E-state index contributed by atoms with van der Waals surface area (Å²) in [6.45, 7) is 0.0469. The minimum atomic E-state index is -1.10. The predicted octanol–water partition coefficient (Wildman–Crippen LogP) is 1.06. The quantitative estimate of drug-likeness (QED) is 0.846.